The molecular formula is C13H12N2O4. The Kier molecular flexibility index (Phi) is 3.92. The molecule has 0 fully saturated rings. The van der Waals surface area contributed by atoms with E-state index in [0.29, 0.717) is 17.7 Å². The average Bonchev–Trinajstić information content (AvgIpc) is 2.90. The monoisotopic (exact) mass is 260 g/mol. The Morgan fingerprint density at radius 1 is 1.47 bits per heavy atom. The molecule has 0 aliphatic carbocycles. The van der Waals surface area contributed by atoms with Crippen LogP contribution in [0.5, 0.6) is 0 Å². The van der Waals surface area contributed by atoms with Crippen LogP contribution in [0.2, 0.25) is 0 Å². The van der Waals surface area contributed by atoms with Gasteiger partial charge in [-0.1, -0.05) is 12.1 Å². The third-order valence-corrected chi connectivity index (χ3v) is 2.36. The highest BCUT2D eigenvalue weighted by atomic mass is 16.5. The Balaban J connectivity index is 2.32. The topological polar surface area (TPSA) is 81.4 Å². The van der Waals surface area contributed by atoms with Crippen molar-refractivity contribution in [2.45, 2.75) is 6.92 Å². The number of hydrogen-bond acceptors (Lipinski definition) is 5. The predicted octanol–water partition coefficient (Wildman–Crippen LogP) is 2.09. The SMILES string of the molecule is CCOC(=O)c1coc(-c2ccccc2NC=O)n1. The molecule has 1 N–H and O–H groups in total. The number of ether oxygens (including phenoxy) is 1. The zero-order valence-electron chi connectivity index (χ0n) is 10.3. The predicted molar refractivity (Wildman–Crippen MR) is 67.6 cm³/mol. The number of esters is 1. The van der Waals surface area contributed by atoms with Crippen molar-refractivity contribution in [2.24, 2.45) is 0 Å². The van der Waals surface area contributed by atoms with Crippen LogP contribution in [-0.4, -0.2) is 24.0 Å². The summed E-state index contributed by atoms with van der Waals surface area (Å²) in [5.41, 5.74) is 1.23. The van der Waals surface area contributed by atoms with Crippen molar-refractivity contribution >= 4 is 18.1 Å². The van der Waals surface area contributed by atoms with E-state index in [-0.39, 0.29) is 18.2 Å². The fourth-order valence-electron chi connectivity index (χ4n) is 1.56. The van der Waals surface area contributed by atoms with Crippen LogP contribution < -0.4 is 5.32 Å². The Bertz CT molecular complexity index is 592. The van der Waals surface area contributed by atoms with E-state index in [1.807, 2.05) is 0 Å². The fraction of sp³-hybridized carbons (Fsp3) is 0.154. The molecule has 0 atom stereocenters. The first-order valence-corrected chi connectivity index (χ1v) is 5.68. The van der Waals surface area contributed by atoms with Crippen LogP contribution in [0.15, 0.2) is 34.9 Å². The highest BCUT2D eigenvalue weighted by Crippen LogP contribution is 2.26. The van der Waals surface area contributed by atoms with E-state index in [1.54, 1.807) is 31.2 Å². The first-order valence-electron chi connectivity index (χ1n) is 5.68. The number of nitrogens with zero attached hydrogens (tertiary/aromatic N) is 1. The van der Waals surface area contributed by atoms with Crippen molar-refractivity contribution in [3.63, 3.8) is 0 Å². The second-order valence-corrected chi connectivity index (χ2v) is 3.57. The molecule has 0 aliphatic heterocycles. The Morgan fingerprint density at radius 3 is 3.00 bits per heavy atom. The number of hydrogen-bond donors (Lipinski definition) is 1. The average molecular weight is 260 g/mol. The lowest BCUT2D eigenvalue weighted by atomic mass is 10.2. The molecule has 19 heavy (non-hydrogen) atoms. The molecule has 2 aromatic rings. The molecule has 6 nitrogen and oxygen atoms in total. The lowest BCUT2D eigenvalue weighted by Gasteiger charge is -2.03. The minimum absolute atomic E-state index is 0.0951. The number of amides is 1. The number of benzene rings is 1. The summed E-state index contributed by atoms with van der Waals surface area (Å²) in [5, 5.41) is 2.54. The molecule has 2 rings (SSSR count). The standard InChI is InChI=1S/C13H12N2O4/c1-2-18-13(17)11-7-19-12(15-11)9-5-3-4-6-10(9)14-8-16/h3-8H,2H2,1H3,(H,14,16). The zero-order valence-corrected chi connectivity index (χ0v) is 10.3. The van der Waals surface area contributed by atoms with Gasteiger partial charge in [0.1, 0.15) is 6.26 Å². The summed E-state index contributed by atoms with van der Waals surface area (Å²) in [6.07, 6.45) is 1.79. The van der Waals surface area contributed by atoms with Crippen LogP contribution in [0.3, 0.4) is 0 Å². The maximum Gasteiger partial charge on any atom is 0.360 e. The van der Waals surface area contributed by atoms with Crippen LogP contribution in [0.25, 0.3) is 11.5 Å². The third-order valence-electron chi connectivity index (χ3n) is 2.36. The molecule has 0 saturated carbocycles. The third kappa shape index (κ3) is 2.79. The summed E-state index contributed by atoms with van der Waals surface area (Å²) >= 11 is 0. The van der Waals surface area contributed by atoms with Crippen LogP contribution in [0, 0.1) is 0 Å². The van der Waals surface area contributed by atoms with Gasteiger partial charge in [0.05, 0.1) is 17.9 Å². The molecule has 1 heterocycles. The fourth-order valence-corrected chi connectivity index (χ4v) is 1.56. The van der Waals surface area contributed by atoms with Crippen LogP contribution in [-0.2, 0) is 9.53 Å². The highest BCUT2D eigenvalue weighted by Gasteiger charge is 2.16. The molecule has 0 bridgehead atoms. The van der Waals surface area contributed by atoms with Crippen molar-refractivity contribution < 1.29 is 18.7 Å². The molecule has 0 spiro atoms. The van der Waals surface area contributed by atoms with Gasteiger partial charge in [-0.15, -0.1) is 0 Å². The van der Waals surface area contributed by atoms with E-state index >= 15 is 0 Å². The summed E-state index contributed by atoms with van der Waals surface area (Å²) in [7, 11) is 0. The van der Waals surface area contributed by atoms with Crippen molar-refractivity contribution in [3.05, 3.63) is 36.2 Å². The quantitative estimate of drug-likeness (QED) is 0.657. The van der Waals surface area contributed by atoms with Crippen molar-refractivity contribution in [1.82, 2.24) is 4.98 Å². The van der Waals surface area contributed by atoms with Gasteiger partial charge in [-0.2, -0.15) is 0 Å². The zero-order chi connectivity index (χ0) is 13.7. The minimum Gasteiger partial charge on any atom is -0.461 e. The van der Waals surface area contributed by atoms with E-state index in [1.165, 1.54) is 6.26 Å². The van der Waals surface area contributed by atoms with Crippen LogP contribution in [0.4, 0.5) is 5.69 Å². The molecule has 0 aliphatic rings. The van der Waals surface area contributed by atoms with Gasteiger partial charge in [-0.05, 0) is 19.1 Å². The van der Waals surface area contributed by atoms with Crippen molar-refractivity contribution in [2.75, 3.05) is 11.9 Å². The first-order chi connectivity index (χ1) is 9.26. The van der Waals surface area contributed by atoms with Gasteiger partial charge in [0.2, 0.25) is 12.3 Å². The van der Waals surface area contributed by atoms with Crippen molar-refractivity contribution in [1.29, 1.82) is 0 Å². The first kappa shape index (κ1) is 12.8. The van der Waals surface area contributed by atoms with E-state index < -0.39 is 5.97 Å². The molecular weight excluding hydrogens is 248 g/mol. The molecule has 0 saturated heterocycles. The van der Waals surface area contributed by atoms with E-state index in [4.69, 9.17) is 9.15 Å². The summed E-state index contributed by atoms with van der Waals surface area (Å²) in [6, 6.07) is 6.98. The number of nitrogens with one attached hydrogen (secondary N) is 1. The van der Waals surface area contributed by atoms with E-state index in [2.05, 4.69) is 10.3 Å². The Hall–Kier alpha value is -2.63. The van der Waals surface area contributed by atoms with E-state index in [9.17, 15) is 9.59 Å². The molecule has 1 aromatic carbocycles. The van der Waals surface area contributed by atoms with E-state index in [0.717, 1.165) is 0 Å². The van der Waals surface area contributed by atoms with Gasteiger partial charge in [-0.25, -0.2) is 9.78 Å². The molecule has 0 unspecified atom stereocenters. The summed E-state index contributed by atoms with van der Waals surface area (Å²) in [5.74, 6) is -0.300. The normalized spacial score (nSPS) is 9.95. The second-order valence-electron chi connectivity index (χ2n) is 3.57. The number of para-hydroxylation sites is 1. The summed E-state index contributed by atoms with van der Waals surface area (Å²) < 4.78 is 10.1. The smallest absolute Gasteiger partial charge is 0.360 e. The van der Waals surface area contributed by atoms with Gasteiger partial charge in [0.25, 0.3) is 0 Å². The number of oxazole rings is 1. The molecule has 1 amide bonds. The number of aromatic nitrogens is 1. The number of rotatable bonds is 5. The maximum absolute atomic E-state index is 11.5. The lowest BCUT2D eigenvalue weighted by molar-refractivity contribution is -0.105. The second kappa shape index (κ2) is 5.81. The van der Waals surface area contributed by atoms with Gasteiger partial charge in [-0.3, -0.25) is 4.79 Å². The van der Waals surface area contributed by atoms with Gasteiger partial charge in [0.15, 0.2) is 5.69 Å². The number of carbonyl (C=O) groups is 2. The molecule has 1 aromatic heterocycles. The van der Waals surface area contributed by atoms with Crippen LogP contribution in [0.1, 0.15) is 17.4 Å². The number of anilines is 1. The lowest BCUT2D eigenvalue weighted by Crippen LogP contribution is -2.04. The summed E-state index contributed by atoms with van der Waals surface area (Å²) in [4.78, 5) is 26.0. The van der Waals surface area contributed by atoms with Crippen LogP contribution >= 0.6 is 0 Å². The Labute approximate surface area is 109 Å². The largest absolute Gasteiger partial charge is 0.461 e. The van der Waals surface area contributed by atoms with Gasteiger partial charge in [0, 0.05) is 0 Å². The van der Waals surface area contributed by atoms with Gasteiger partial charge >= 0.3 is 5.97 Å². The van der Waals surface area contributed by atoms with Gasteiger partial charge < -0.3 is 14.5 Å². The molecule has 98 valence electrons. The highest BCUT2D eigenvalue weighted by molar-refractivity contribution is 5.88. The summed E-state index contributed by atoms with van der Waals surface area (Å²) in [6.45, 7) is 1.98. The van der Waals surface area contributed by atoms with Crippen molar-refractivity contribution in [3.8, 4) is 11.5 Å². The maximum atomic E-state index is 11.5. The Morgan fingerprint density at radius 2 is 2.26 bits per heavy atom. The minimum atomic E-state index is -0.543. The molecule has 0 radical (unpaired) electrons. The molecule has 6 heteroatoms. The number of carbonyl (C=O) groups excluding carboxylic acids is 2.